The van der Waals surface area contributed by atoms with Crippen molar-refractivity contribution in [3.05, 3.63) is 52.6 Å². The fourth-order valence-electron chi connectivity index (χ4n) is 7.31. The number of aliphatic hydroxyl groups is 2. The van der Waals surface area contributed by atoms with Gasteiger partial charge in [-0.15, -0.1) is 0 Å². The quantitative estimate of drug-likeness (QED) is 0.0362. The van der Waals surface area contributed by atoms with Gasteiger partial charge in [-0.2, -0.15) is 4.31 Å². The number of nitrogens with one attached hydrogen (secondary N) is 3. The summed E-state index contributed by atoms with van der Waals surface area (Å²) in [7, 11) is -16.5. The molecule has 2 saturated heterocycles. The summed E-state index contributed by atoms with van der Waals surface area (Å²) in [6.07, 6.45) is -5.78. The smallest absolute Gasteiger partial charge is 0.386 e. The number of nitrogen functional groups attached to an aromatic ring is 1. The molecule has 0 saturated carbocycles. The number of ether oxygens (including phenoxy) is 1. The summed E-state index contributed by atoms with van der Waals surface area (Å²) in [6, 6.07) is 2.78. The van der Waals surface area contributed by atoms with Crippen LogP contribution in [-0.2, 0) is 52.4 Å². The number of carbonyl (C=O) groups excluding carboxylic acids is 3. The van der Waals surface area contributed by atoms with E-state index in [0.717, 1.165) is 35.0 Å². The average Bonchev–Trinajstić information content (AvgIpc) is 3.86. The molecule has 0 spiro atoms. The molecule has 7 atom stereocenters. The van der Waals surface area contributed by atoms with Crippen LogP contribution in [0.3, 0.4) is 0 Å². The van der Waals surface area contributed by atoms with Gasteiger partial charge in [-0.1, -0.05) is 25.6 Å². The molecule has 28 nitrogen and oxygen atoms in total. The molecular formula is C37H52FN10O18P3S. The minimum atomic E-state index is -5.62. The molecule has 6 rings (SSSR count). The highest BCUT2D eigenvalue weighted by Crippen LogP contribution is 2.61. The lowest BCUT2D eigenvalue weighted by Crippen LogP contribution is -2.46. The van der Waals surface area contributed by atoms with Crippen LogP contribution >= 0.6 is 35.2 Å². The molecule has 4 aromatic rings. The number of hydrogen-bond acceptors (Lipinski definition) is 21. The minimum absolute atomic E-state index is 0.0106. The number of hydrogen-bond donors (Lipinski definition) is 10. The van der Waals surface area contributed by atoms with Gasteiger partial charge in [-0.25, -0.2) is 33.0 Å². The largest absolute Gasteiger partial charge is 0.481 e. The van der Waals surface area contributed by atoms with Gasteiger partial charge in [0.25, 0.3) is 0 Å². The van der Waals surface area contributed by atoms with Gasteiger partial charge in [0, 0.05) is 75.0 Å². The predicted molar refractivity (Wildman–Crippen MR) is 245 cm³/mol. The molecule has 2 aliphatic rings. The summed E-state index contributed by atoms with van der Waals surface area (Å²) >= 11 is 0.773. The summed E-state index contributed by atoms with van der Waals surface area (Å²) < 4.78 is 79.4. The molecule has 70 heavy (non-hydrogen) atoms. The Bertz CT molecular complexity index is 2800. The SMILES string of the molecule is CCn1cc(C(=O)SCCNC(=O)CCNC(=O)C(O)C(C)(C)COP(=O)(O)OP(=O)(O)OCC2OC(n3cnc4c(N)ncnc43)C(O)C2OP(=O)(O)O)c(=O)c2cc(F)c(N3CCNCC3)cc21. The molecule has 2 fully saturated rings. The van der Waals surface area contributed by atoms with Crippen LogP contribution in [0.4, 0.5) is 15.9 Å². The molecule has 7 unspecified atom stereocenters. The van der Waals surface area contributed by atoms with Crippen molar-refractivity contribution in [2.75, 3.05) is 68.9 Å². The van der Waals surface area contributed by atoms with E-state index in [1.165, 1.54) is 20.0 Å². The molecule has 1 aromatic carbocycles. The molecule has 386 valence electrons. The number of carbonyl (C=O) groups is 3. The Morgan fingerprint density at radius 2 is 1.76 bits per heavy atom. The topological polar surface area (TPSA) is 401 Å². The summed E-state index contributed by atoms with van der Waals surface area (Å²) in [5.74, 6) is -2.16. The van der Waals surface area contributed by atoms with Crippen molar-refractivity contribution in [2.45, 2.75) is 64.4 Å². The number of nitrogens with zero attached hydrogens (tertiary/aromatic N) is 6. The second-order valence-electron chi connectivity index (χ2n) is 16.4. The molecule has 0 radical (unpaired) electrons. The number of phosphoric ester groups is 3. The summed E-state index contributed by atoms with van der Waals surface area (Å²) in [4.78, 5) is 105. The fraction of sp³-hybridized carbons (Fsp3) is 0.541. The highest BCUT2D eigenvalue weighted by molar-refractivity contribution is 8.14. The first-order valence-electron chi connectivity index (χ1n) is 21.2. The van der Waals surface area contributed by atoms with E-state index < -0.39 is 101 Å². The van der Waals surface area contributed by atoms with Crippen molar-refractivity contribution < 1.29 is 84.9 Å². The predicted octanol–water partition coefficient (Wildman–Crippen LogP) is -0.138. The van der Waals surface area contributed by atoms with Gasteiger partial charge < -0.3 is 65.7 Å². The number of nitrogens with two attached hydrogens (primary N) is 1. The van der Waals surface area contributed by atoms with Crippen molar-refractivity contribution >= 4 is 85.7 Å². The lowest BCUT2D eigenvalue weighted by Gasteiger charge is -2.30. The fourth-order valence-corrected chi connectivity index (χ4v) is 10.8. The Labute approximate surface area is 400 Å². The van der Waals surface area contributed by atoms with Crippen molar-refractivity contribution in [3.63, 3.8) is 0 Å². The number of aliphatic hydroxyl groups excluding tert-OH is 2. The van der Waals surface area contributed by atoms with Crippen LogP contribution in [-0.4, -0.2) is 153 Å². The van der Waals surface area contributed by atoms with Crippen LogP contribution in [0.2, 0.25) is 0 Å². The molecule has 33 heteroatoms. The number of imidazole rings is 1. The lowest BCUT2D eigenvalue weighted by molar-refractivity contribution is -0.137. The van der Waals surface area contributed by atoms with Gasteiger partial charge in [-0.3, -0.25) is 37.3 Å². The molecule has 5 heterocycles. The first-order valence-corrected chi connectivity index (χ1v) is 26.7. The van der Waals surface area contributed by atoms with Crippen LogP contribution in [0, 0.1) is 11.2 Å². The summed E-state index contributed by atoms with van der Waals surface area (Å²) in [6.45, 7) is 4.84. The van der Waals surface area contributed by atoms with E-state index in [1.54, 1.807) is 10.6 Å². The van der Waals surface area contributed by atoms with Crippen LogP contribution in [0.5, 0.6) is 0 Å². The van der Waals surface area contributed by atoms with Crippen LogP contribution < -0.4 is 32.0 Å². The number of thioether (sulfide) groups is 1. The number of anilines is 2. The number of benzene rings is 1. The van der Waals surface area contributed by atoms with Gasteiger partial charge in [-0.05, 0) is 19.1 Å². The molecule has 2 aliphatic heterocycles. The Kier molecular flexibility index (Phi) is 17.8. The van der Waals surface area contributed by atoms with E-state index in [9.17, 15) is 62.7 Å². The zero-order valence-electron chi connectivity index (χ0n) is 37.5. The maximum absolute atomic E-state index is 15.2. The number of phosphoric acid groups is 3. The number of fused-ring (bicyclic) bond motifs is 2. The van der Waals surface area contributed by atoms with E-state index in [4.69, 9.17) is 19.5 Å². The molecule has 0 aliphatic carbocycles. The van der Waals surface area contributed by atoms with Gasteiger partial charge in [0.2, 0.25) is 22.4 Å². The highest BCUT2D eigenvalue weighted by atomic mass is 32.2. The number of aryl methyl sites for hydroxylation is 1. The van der Waals surface area contributed by atoms with Crippen molar-refractivity contribution in [1.82, 2.24) is 40.0 Å². The molecule has 2 amide bonds. The van der Waals surface area contributed by atoms with E-state index >= 15 is 4.39 Å². The van der Waals surface area contributed by atoms with Gasteiger partial charge in [0.15, 0.2) is 17.7 Å². The zero-order chi connectivity index (χ0) is 51.3. The molecular weight excluding hydrogens is 1020 g/mol. The Morgan fingerprint density at radius 1 is 1.06 bits per heavy atom. The Balaban J connectivity index is 0.928. The van der Waals surface area contributed by atoms with Crippen molar-refractivity contribution in [2.24, 2.45) is 5.41 Å². The number of piperazine rings is 1. The van der Waals surface area contributed by atoms with E-state index in [2.05, 4.69) is 39.7 Å². The lowest BCUT2D eigenvalue weighted by atomic mass is 9.87. The zero-order valence-corrected chi connectivity index (χ0v) is 41.0. The number of pyridine rings is 1. The van der Waals surface area contributed by atoms with Crippen molar-refractivity contribution in [3.8, 4) is 0 Å². The van der Waals surface area contributed by atoms with E-state index in [-0.39, 0.29) is 53.2 Å². The van der Waals surface area contributed by atoms with Crippen LogP contribution in [0.15, 0.2) is 35.8 Å². The third kappa shape index (κ3) is 13.6. The number of halogens is 1. The average molecular weight is 1070 g/mol. The van der Waals surface area contributed by atoms with E-state index in [1.807, 2.05) is 11.8 Å². The number of amides is 2. The Hall–Kier alpha value is -4.32. The summed E-state index contributed by atoms with van der Waals surface area (Å²) in [5, 5.41) is 29.2. The number of rotatable bonds is 22. The molecule has 3 aromatic heterocycles. The van der Waals surface area contributed by atoms with E-state index in [0.29, 0.717) is 43.9 Å². The second-order valence-corrected chi connectivity index (χ2v) is 21.7. The van der Waals surface area contributed by atoms with Gasteiger partial charge >= 0.3 is 23.5 Å². The van der Waals surface area contributed by atoms with Gasteiger partial charge in [0.05, 0.1) is 36.3 Å². The first-order chi connectivity index (χ1) is 32.8. The standard InChI is InChI=1S/C37H52FN10O18P3S/c1-4-46-15-21(28(50)20-13-22(38)24(14-23(20)46)47-10-7-40-8-11-47)36(54)70-12-9-41-26(49)5-6-42-34(53)31(52)37(2,3)17-63-69(60,61)66-68(58,59)62-16-25-30(65-67(55,56)57)29(51)35(64-25)48-19-45-27-32(39)43-18-44-33(27)48/h13-15,18-19,25,29-31,35,40,51-52H,4-12,16-17H2,1-3H3,(H,41,49)(H,42,53)(H,58,59)(H,60,61)(H2,39,43,44)(H2,55,56,57). The maximum Gasteiger partial charge on any atom is 0.481 e. The highest BCUT2D eigenvalue weighted by Gasteiger charge is 2.50. The first kappa shape index (κ1) is 55.0. The Morgan fingerprint density at radius 3 is 2.44 bits per heavy atom. The summed E-state index contributed by atoms with van der Waals surface area (Å²) in [5.41, 5.74) is 4.28. The monoisotopic (exact) mass is 1070 g/mol. The van der Waals surface area contributed by atoms with Crippen LogP contribution in [0.1, 0.15) is 43.8 Å². The van der Waals surface area contributed by atoms with Crippen molar-refractivity contribution in [1.29, 1.82) is 0 Å². The van der Waals surface area contributed by atoms with Gasteiger partial charge in [0.1, 0.15) is 42.1 Å². The van der Waals surface area contributed by atoms with Crippen LogP contribution in [0.25, 0.3) is 22.1 Å². The second kappa shape index (κ2) is 22.6. The molecule has 0 bridgehead atoms. The molecule has 11 N–H and O–H groups in total. The maximum atomic E-state index is 15.2. The third-order valence-electron chi connectivity index (χ3n) is 10.9. The normalized spacial score (nSPS) is 21.1. The minimum Gasteiger partial charge on any atom is -0.386 e. The number of aromatic nitrogens is 5. The third-order valence-corrected chi connectivity index (χ3v) is 14.9.